The van der Waals surface area contributed by atoms with E-state index in [2.05, 4.69) is 5.32 Å². The van der Waals surface area contributed by atoms with E-state index in [0.717, 1.165) is 12.1 Å². The Morgan fingerprint density at radius 2 is 2.11 bits per heavy atom. The standard InChI is InChI=1S/C12H15F2NO3/c1-7(2)15-6-11(12(16)17)18-10-4-3-8(13)5-9(10)14/h3-5,7,11,15H,6H2,1-2H3,(H,16,17). The van der Waals surface area contributed by atoms with Crippen LogP contribution in [-0.2, 0) is 4.79 Å². The van der Waals surface area contributed by atoms with Crippen LogP contribution < -0.4 is 10.1 Å². The van der Waals surface area contributed by atoms with E-state index in [1.54, 1.807) is 0 Å². The van der Waals surface area contributed by atoms with Gasteiger partial charge in [-0.25, -0.2) is 13.6 Å². The first-order valence-electron chi connectivity index (χ1n) is 5.48. The van der Waals surface area contributed by atoms with Crippen molar-refractivity contribution in [3.8, 4) is 5.75 Å². The summed E-state index contributed by atoms with van der Waals surface area (Å²) in [5.41, 5.74) is 0. The predicted molar refractivity (Wildman–Crippen MR) is 61.5 cm³/mol. The van der Waals surface area contributed by atoms with Gasteiger partial charge in [0.1, 0.15) is 5.82 Å². The maximum atomic E-state index is 13.3. The second-order valence-electron chi connectivity index (χ2n) is 4.08. The summed E-state index contributed by atoms with van der Waals surface area (Å²) in [6, 6.07) is 2.79. The molecule has 6 heteroatoms. The number of ether oxygens (including phenoxy) is 1. The Bertz CT molecular complexity index is 424. The van der Waals surface area contributed by atoms with Crippen LogP contribution in [0, 0.1) is 11.6 Å². The molecule has 100 valence electrons. The molecule has 0 aromatic heterocycles. The molecule has 0 aliphatic heterocycles. The first-order valence-corrected chi connectivity index (χ1v) is 5.48. The Kier molecular flexibility index (Phi) is 5.03. The van der Waals surface area contributed by atoms with Crippen molar-refractivity contribution in [2.75, 3.05) is 6.54 Å². The monoisotopic (exact) mass is 259 g/mol. The molecule has 18 heavy (non-hydrogen) atoms. The third-order valence-corrected chi connectivity index (χ3v) is 2.15. The van der Waals surface area contributed by atoms with Gasteiger partial charge in [0.2, 0.25) is 6.10 Å². The van der Waals surface area contributed by atoms with Crippen LogP contribution in [0.5, 0.6) is 5.75 Å². The molecule has 1 unspecified atom stereocenters. The van der Waals surface area contributed by atoms with Crippen molar-refractivity contribution < 1.29 is 23.4 Å². The molecule has 1 atom stereocenters. The summed E-state index contributed by atoms with van der Waals surface area (Å²) in [6.45, 7) is 3.72. The fourth-order valence-corrected chi connectivity index (χ4v) is 1.25. The van der Waals surface area contributed by atoms with E-state index < -0.39 is 23.7 Å². The van der Waals surface area contributed by atoms with Crippen LogP contribution in [0.4, 0.5) is 8.78 Å². The first-order chi connectivity index (χ1) is 8.40. The highest BCUT2D eigenvalue weighted by Gasteiger charge is 2.21. The minimum absolute atomic E-state index is 0.0316. The SMILES string of the molecule is CC(C)NCC(Oc1ccc(F)cc1F)C(=O)O. The van der Waals surface area contributed by atoms with Crippen molar-refractivity contribution in [3.63, 3.8) is 0 Å². The molecule has 0 aliphatic rings. The molecule has 0 bridgehead atoms. The molecule has 0 aliphatic carbocycles. The Balaban J connectivity index is 2.73. The van der Waals surface area contributed by atoms with Crippen LogP contribution in [0.25, 0.3) is 0 Å². The lowest BCUT2D eigenvalue weighted by Gasteiger charge is -2.17. The van der Waals surface area contributed by atoms with Crippen molar-refractivity contribution in [2.45, 2.75) is 26.0 Å². The van der Waals surface area contributed by atoms with Crippen LogP contribution in [0.2, 0.25) is 0 Å². The van der Waals surface area contributed by atoms with Gasteiger partial charge in [-0.3, -0.25) is 0 Å². The second-order valence-corrected chi connectivity index (χ2v) is 4.08. The van der Waals surface area contributed by atoms with E-state index in [9.17, 15) is 13.6 Å². The molecule has 0 heterocycles. The molecule has 0 amide bonds. The van der Waals surface area contributed by atoms with Gasteiger partial charge in [0.25, 0.3) is 0 Å². The number of carboxylic acid groups (broad SMARTS) is 1. The summed E-state index contributed by atoms with van der Waals surface area (Å²) in [5.74, 6) is -3.17. The van der Waals surface area contributed by atoms with Crippen molar-refractivity contribution in [3.05, 3.63) is 29.8 Å². The average molecular weight is 259 g/mol. The highest BCUT2D eigenvalue weighted by atomic mass is 19.1. The van der Waals surface area contributed by atoms with E-state index in [-0.39, 0.29) is 18.3 Å². The van der Waals surface area contributed by atoms with E-state index in [4.69, 9.17) is 9.84 Å². The number of hydrogen-bond acceptors (Lipinski definition) is 3. The van der Waals surface area contributed by atoms with E-state index in [0.29, 0.717) is 6.07 Å². The molecule has 1 rings (SSSR count). The zero-order valence-electron chi connectivity index (χ0n) is 10.1. The second kappa shape index (κ2) is 6.30. The number of benzene rings is 1. The molecule has 4 nitrogen and oxygen atoms in total. The number of rotatable bonds is 6. The minimum atomic E-state index is -1.23. The van der Waals surface area contributed by atoms with Crippen LogP contribution >= 0.6 is 0 Å². The summed E-state index contributed by atoms with van der Waals surface area (Å²) in [5, 5.41) is 11.8. The molecule has 0 spiro atoms. The molecular formula is C12H15F2NO3. The zero-order chi connectivity index (χ0) is 13.7. The normalized spacial score (nSPS) is 12.5. The fourth-order valence-electron chi connectivity index (χ4n) is 1.25. The molecule has 0 saturated heterocycles. The molecule has 1 aromatic carbocycles. The number of carboxylic acids is 1. The quantitative estimate of drug-likeness (QED) is 0.817. The van der Waals surface area contributed by atoms with Gasteiger partial charge in [0.05, 0.1) is 0 Å². The molecule has 0 radical (unpaired) electrons. The van der Waals surface area contributed by atoms with Crippen molar-refractivity contribution in [1.82, 2.24) is 5.32 Å². The zero-order valence-corrected chi connectivity index (χ0v) is 10.1. The van der Waals surface area contributed by atoms with Crippen LogP contribution in [0.15, 0.2) is 18.2 Å². The number of nitrogens with one attached hydrogen (secondary N) is 1. The summed E-state index contributed by atoms with van der Waals surface area (Å²) in [4.78, 5) is 10.9. The van der Waals surface area contributed by atoms with Crippen LogP contribution in [-0.4, -0.2) is 29.8 Å². The number of aliphatic carboxylic acids is 1. The summed E-state index contributed by atoms with van der Waals surface area (Å²) in [7, 11) is 0. The Morgan fingerprint density at radius 3 is 2.61 bits per heavy atom. The van der Waals surface area contributed by atoms with Crippen LogP contribution in [0.3, 0.4) is 0 Å². The van der Waals surface area contributed by atoms with Gasteiger partial charge in [-0.2, -0.15) is 0 Å². The van der Waals surface area contributed by atoms with E-state index >= 15 is 0 Å². The molecule has 0 fully saturated rings. The molecule has 2 N–H and O–H groups in total. The Hall–Kier alpha value is -1.69. The molecule has 1 aromatic rings. The lowest BCUT2D eigenvalue weighted by Crippen LogP contribution is -2.40. The van der Waals surface area contributed by atoms with Gasteiger partial charge in [0, 0.05) is 18.7 Å². The number of halogens is 2. The van der Waals surface area contributed by atoms with Gasteiger partial charge in [0.15, 0.2) is 11.6 Å². The van der Waals surface area contributed by atoms with Gasteiger partial charge < -0.3 is 15.2 Å². The smallest absolute Gasteiger partial charge is 0.346 e. The lowest BCUT2D eigenvalue weighted by molar-refractivity contribution is -0.144. The van der Waals surface area contributed by atoms with Crippen molar-refractivity contribution >= 4 is 5.97 Å². The van der Waals surface area contributed by atoms with Gasteiger partial charge in [-0.05, 0) is 12.1 Å². The summed E-state index contributed by atoms with van der Waals surface area (Å²) >= 11 is 0. The highest BCUT2D eigenvalue weighted by molar-refractivity contribution is 5.73. The van der Waals surface area contributed by atoms with Crippen molar-refractivity contribution in [2.24, 2.45) is 0 Å². The number of carbonyl (C=O) groups is 1. The van der Waals surface area contributed by atoms with Crippen LogP contribution in [0.1, 0.15) is 13.8 Å². The van der Waals surface area contributed by atoms with Gasteiger partial charge in [-0.1, -0.05) is 13.8 Å². The fraction of sp³-hybridized carbons (Fsp3) is 0.417. The topological polar surface area (TPSA) is 58.6 Å². The third-order valence-electron chi connectivity index (χ3n) is 2.15. The van der Waals surface area contributed by atoms with Gasteiger partial charge >= 0.3 is 5.97 Å². The Morgan fingerprint density at radius 1 is 1.44 bits per heavy atom. The Labute approximate surface area is 104 Å². The minimum Gasteiger partial charge on any atom is -0.478 e. The maximum Gasteiger partial charge on any atom is 0.346 e. The maximum absolute atomic E-state index is 13.3. The van der Waals surface area contributed by atoms with E-state index in [1.807, 2.05) is 13.8 Å². The molecular weight excluding hydrogens is 244 g/mol. The van der Waals surface area contributed by atoms with E-state index in [1.165, 1.54) is 0 Å². The lowest BCUT2D eigenvalue weighted by atomic mass is 10.3. The molecule has 0 saturated carbocycles. The summed E-state index contributed by atoms with van der Waals surface area (Å²) in [6.07, 6.45) is -1.23. The predicted octanol–water partition coefficient (Wildman–Crippen LogP) is 1.79. The van der Waals surface area contributed by atoms with Crippen molar-refractivity contribution in [1.29, 1.82) is 0 Å². The average Bonchev–Trinajstić information content (AvgIpc) is 2.26. The highest BCUT2D eigenvalue weighted by Crippen LogP contribution is 2.19. The van der Waals surface area contributed by atoms with Gasteiger partial charge in [-0.15, -0.1) is 0 Å². The third kappa shape index (κ3) is 4.29. The summed E-state index contributed by atoms with van der Waals surface area (Å²) < 4.78 is 31.0. The number of hydrogen-bond donors (Lipinski definition) is 2. The largest absolute Gasteiger partial charge is 0.478 e. The first kappa shape index (κ1) is 14.4.